The van der Waals surface area contributed by atoms with E-state index in [1.54, 1.807) is 13.8 Å². The number of nitrogens with two attached hydrogens (primary N) is 1. The molecular weight excluding hydrogens is 188 g/mol. The Morgan fingerprint density at radius 2 is 2.00 bits per heavy atom. The van der Waals surface area contributed by atoms with E-state index in [9.17, 15) is 5.11 Å². The minimum Gasteiger partial charge on any atom is -0.399 e. The molecule has 3 nitrogen and oxygen atoms in total. The second-order valence-corrected chi connectivity index (χ2v) is 4.71. The predicted molar refractivity (Wildman–Crippen MR) is 65.2 cm³/mol. The van der Waals surface area contributed by atoms with Gasteiger partial charge in [0.25, 0.3) is 0 Å². The summed E-state index contributed by atoms with van der Waals surface area (Å²) in [6, 6.07) is 5.89. The van der Waals surface area contributed by atoms with Gasteiger partial charge in [0.05, 0.1) is 5.60 Å². The fraction of sp³-hybridized carbons (Fsp3) is 0.500. The Morgan fingerprint density at radius 3 is 2.47 bits per heavy atom. The molecule has 0 aromatic heterocycles. The Kier molecular flexibility index (Phi) is 3.25. The zero-order valence-electron chi connectivity index (χ0n) is 9.91. The summed E-state index contributed by atoms with van der Waals surface area (Å²) in [5.41, 5.74) is 8.00. The number of benzene rings is 1. The Labute approximate surface area is 91.5 Å². The van der Waals surface area contributed by atoms with Crippen molar-refractivity contribution < 1.29 is 5.11 Å². The summed E-state index contributed by atoms with van der Waals surface area (Å²) in [7, 11) is 1.96. The van der Waals surface area contributed by atoms with E-state index in [0.29, 0.717) is 6.54 Å². The van der Waals surface area contributed by atoms with Crippen molar-refractivity contribution >= 4 is 11.4 Å². The fourth-order valence-corrected chi connectivity index (χ4v) is 1.57. The molecule has 1 aromatic carbocycles. The summed E-state index contributed by atoms with van der Waals surface area (Å²) in [6.07, 6.45) is 0. The van der Waals surface area contributed by atoms with Crippen molar-refractivity contribution in [3.05, 3.63) is 23.8 Å². The topological polar surface area (TPSA) is 49.5 Å². The average molecular weight is 208 g/mol. The minimum atomic E-state index is -0.690. The first-order valence-electron chi connectivity index (χ1n) is 5.09. The van der Waals surface area contributed by atoms with E-state index in [0.717, 1.165) is 16.9 Å². The summed E-state index contributed by atoms with van der Waals surface area (Å²) in [6.45, 7) is 6.18. The minimum absolute atomic E-state index is 0.594. The van der Waals surface area contributed by atoms with Crippen LogP contribution in [-0.4, -0.2) is 24.3 Å². The van der Waals surface area contributed by atoms with Gasteiger partial charge in [0, 0.05) is 25.0 Å². The van der Waals surface area contributed by atoms with Crippen molar-refractivity contribution in [1.82, 2.24) is 0 Å². The third-order valence-electron chi connectivity index (χ3n) is 2.32. The van der Waals surface area contributed by atoms with E-state index in [2.05, 4.69) is 0 Å². The molecule has 0 aliphatic carbocycles. The van der Waals surface area contributed by atoms with Crippen LogP contribution in [0.2, 0.25) is 0 Å². The average Bonchev–Trinajstić information content (AvgIpc) is 2.06. The van der Waals surface area contributed by atoms with Crippen LogP contribution in [0.25, 0.3) is 0 Å². The van der Waals surface area contributed by atoms with Crippen LogP contribution in [0.1, 0.15) is 19.4 Å². The lowest BCUT2D eigenvalue weighted by Crippen LogP contribution is -2.36. The number of nitrogen functional groups attached to an aromatic ring is 1. The van der Waals surface area contributed by atoms with Crippen LogP contribution in [0, 0.1) is 6.92 Å². The van der Waals surface area contributed by atoms with Crippen molar-refractivity contribution in [3.8, 4) is 0 Å². The summed E-state index contributed by atoms with van der Waals surface area (Å²) < 4.78 is 0. The lowest BCUT2D eigenvalue weighted by atomic mass is 10.1. The van der Waals surface area contributed by atoms with Crippen LogP contribution < -0.4 is 10.6 Å². The number of likely N-dealkylation sites (N-methyl/N-ethyl adjacent to an activating group) is 1. The van der Waals surface area contributed by atoms with Gasteiger partial charge >= 0.3 is 0 Å². The van der Waals surface area contributed by atoms with Gasteiger partial charge in [-0.05, 0) is 44.5 Å². The van der Waals surface area contributed by atoms with E-state index < -0.39 is 5.60 Å². The molecule has 0 spiro atoms. The lowest BCUT2D eigenvalue weighted by molar-refractivity contribution is 0.0886. The number of rotatable bonds is 3. The molecule has 0 aliphatic rings. The largest absolute Gasteiger partial charge is 0.399 e. The van der Waals surface area contributed by atoms with E-state index in [1.165, 1.54) is 0 Å². The number of aliphatic hydroxyl groups is 1. The molecular formula is C12H20N2O. The van der Waals surface area contributed by atoms with Gasteiger partial charge in [-0.15, -0.1) is 0 Å². The number of hydrogen-bond acceptors (Lipinski definition) is 3. The molecule has 0 aliphatic heterocycles. The molecule has 0 heterocycles. The van der Waals surface area contributed by atoms with E-state index in [4.69, 9.17) is 5.73 Å². The second kappa shape index (κ2) is 4.11. The first kappa shape index (κ1) is 11.9. The molecule has 0 saturated carbocycles. The SMILES string of the molecule is Cc1cc(N(C)CC(C)(C)O)ccc1N. The molecule has 3 heteroatoms. The van der Waals surface area contributed by atoms with E-state index in [-0.39, 0.29) is 0 Å². The van der Waals surface area contributed by atoms with Crippen molar-refractivity contribution in [2.45, 2.75) is 26.4 Å². The van der Waals surface area contributed by atoms with Crippen LogP contribution in [0.15, 0.2) is 18.2 Å². The number of aryl methyl sites for hydroxylation is 1. The quantitative estimate of drug-likeness (QED) is 0.744. The molecule has 0 bridgehead atoms. The zero-order valence-corrected chi connectivity index (χ0v) is 9.91. The zero-order chi connectivity index (χ0) is 11.6. The van der Waals surface area contributed by atoms with Crippen molar-refractivity contribution in [2.75, 3.05) is 24.2 Å². The van der Waals surface area contributed by atoms with Crippen LogP contribution in [0.5, 0.6) is 0 Å². The molecule has 0 saturated heterocycles. The second-order valence-electron chi connectivity index (χ2n) is 4.71. The highest BCUT2D eigenvalue weighted by Gasteiger charge is 2.15. The maximum absolute atomic E-state index is 9.71. The summed E-state index contributed by atoms with van der Waals surface area (Å²) in [4.78, 5) is 2.02. The molecule has 1 aromatic rings. The Morgan fingerprint density at radius 1 is 1.40 bits per heavy atom. The molecule has 0 atom stereocenters. The van der Waals surface area contributed by atoms with E-state index >= 15 is 0 Å². The third kappa shape index (κ3) is 3.44. The van der Waals surface area contributed by atoms with Gasteiger partial charge in [0.15, 0.2) is 0 Å². The van der Waals surface area contributed by atoms with Crippen LogP contribution in [-0.2, 0) is 0 Å². The first-order valence-corrected chi connectivity index (χ1v) is 5.09. The molecule has 15 heavy (non-hydrogen) atoms. The number of hydrogen-bond donors (Lipinski definition) is 2. The van der Waals surface area contributed by atoms with Crippen LogP contribution >= 0.6 is 0 Å². The highest BCUT2D eigenvalue weighted by atomic mass is 16.3. The predicted octanol–water partition coefficient (Wildman–Crippen LogP) is 1.78. The van der Waals surface area contributed by atoms with Gasteiger partial charge in [-0.2, -0.15) is 0 Å². The van der Waals surface area contributed by atoms with Gasteiger partial charge in [-0.1, -0.05) is 0 Å². The van der Waals surface area contributed by atoms with Crippen molar-refractivity contribution in [2.24, 2.45) is 0 Å². The van der Waals surface area contributed by atoms with Crippen LogP contribution in [0.4, 0.5) is 11.4 Å². The first-order chi connectivity index (χ1) is 6.79. The maximum Gasteiger partial charge on any atom is 0.0765 e. The van der Waals surface area contributed by atoms with Gasteiger partial charge in [0.1, 0.15) is 0 Å². The molecule has 0 radical (unpaired) electrons. The van der Waals surface area contributed by atoms with Crippen molar-refractivity contribution in [1.29, 1.82) is 0 Å². The lowest BCUT2D eigenvalue weighted by Gasteiger charge is -2.27. The van der Waals surface area contributed by atoms with Crippen molar-refractivity contribution in [3.63, 3.8) is 0 Å². The summed E-state index contributed by atoms with van der Waals surface area (Å²) in [5, 5.41) is 9.71. The molecule has 0 amide bonds. The Bertz CT molecular complexity index is 342. The molecule has 0 fully saturated rings. The maximum atomic E-state index is 9.71. The van der Waals surface area contributed by atoms with Gasteiger partial charge in [-0.3, -0.25) is 0 Å². The number of anilines is 2. The number of nitrogens with zero attached hydrogens (tertiary/aromatic N) is 1. The smallest absolute Gasteiger partial charge is 0.0765 e. The van der Waals surface area contributed by atoms with Gasteiger partial charge in [-0.25, -0.2) is 0 Å². The van der Waals surface area contributed by atoms with Crippen LogP contribution in [0.3, 0.4) is 0 Å². The van der Waals surface area contributed by atoms with E-state index in [1.807, 2.05) is 37.1 Å². The Hall–Kier alpha value is -1.22. The Balaban J connectivity index is 2.83. The molecule has 3 N–H and O–H groups in total. The molecule has 1 rings (SSSR count). The molecule has 0 unspecified atom stereocenters. The standard InChI is InChI=1S/C12H20N2O/c1-9-7-10(5-6-11(9)13)14(4)8-12(2,3)15/h5-7,15H,8,13H2,1-4H3. The fourth-order valence-electron chi connectivity index (χ4n) is 1.57. The van der Waals surface area contributed by atoms with Gasteiger partial charge < -0.3 is 15.7 Å². The monoisotopic (exact) mass is 208 g/mol. The summed E-state index contributed by atoms with van der Waals surface area (Å²) >= 11 is 0. The van der Waals surface area contributed by atoms with Gasteiger partial charge in [0.2, 0.25) is 0 Å². The third-order valence-corrected chi connectivity index (χ3v) is 2.32. The molecule has 84 valence electrons. The highest BCUT2D eigenvalue weighted by molar-refractivity contribution is 5.57. The normalized spacial score (nSPS) is 11.5. The summed E-state index contributed by atoms with van der Waals surface area (Å²) in [5.74, 6) is 0. The highest BCUT2D eigenvalue weighted by Crippen LogP contribution is 2.20.